The highest BCUT2D eigenvalue weighted by Crippen LogP contribution is 2.14. The van der Waals surface area contributed by atoms with Gasteiger partial charge in [0.25, 0.3) is 5.91 Å². The fraction of sp³-hybridized carbons (Fsp3) is 0.292. The largest absolute Gasteiger partial charge is 0.374 e. The maximum Gasteiger partial charge on any atom is 0.251 e. The van der Waals surface area contributed by atoms with Crippen LogP contribution in [-0.4, -0.2) is 27.0 Å². The Labute approximate surface area is 193 Å². The molecule has 3 rings (SSSR count). The first-order chi connectivity index (χ1) is 15.3. The number of amides is 1. The molecule has 0 aliphatic rings. The van der Waals surface area contributed by atoms with Gasteiger partial charge in [0.15, 0.2) is 0 Å². The second-order valence-electron chi connectivity index (χ2n) is 7.56. The summed E-state index contributed by atoms with van der Waals surface area (Å²) < 4.78 is 33.2. The summed E-state index contributed by atoms with van der Waals surface area (Å²) in [5, 5.41) is 4.86. The molecule has 0 saturated carbocycles. The van der Waals surface area contributed by atoms with E-state index in [0.29, 0.717) is 31.7 Å². The summed E-state index contributed by atoms with van der Waals surface area (Å²) in [6, 6.07) is 17.7. The summed E-state index contributed by atoms with van der Waals surface area (Å²) in [4.78, 5) is 13.8. The van der Waals surface area contributed by atoms with E-state index in [9.17, 15) is 13.2 Å². The van der Waals surface area contributed by atoms with Crippen LogP contribution in [0.1, 0.15) is 40.2 Å². The van der Waals surface area contributed by atoms with E-state index in [1.54, 1.807) is 11.3 Å². The number of thiophene rings is 1. The van der Waals surface area contributed by atoms with Crippen LogP contribution in [0.15, 0.2) is 70.9 Å². The SMILES string of the molecule is CC(C)OCc1ccccc1CNC(=O)c1ccc(S(=O)(=O)NCCc2cccs2)cc1. The minimum Gasteiger partial charge on any atom is -0.374 e. The minimum atomic E-state index is -3.62. The number of rotatable bonds is 11. The molecule has 0 spiro atoms. The molecule has 0 atom stereocenters. The predicted octanol–water partition coefficient (Wildman–Crippen LogP) is 4.12. The maximum absolute atomic E-state index is 12.6. The van der Waals surface area contributed by atoms with Crippen molar-refractivity contribution >= 4 is 27.3 Å². The summed E-state index contributed by atoms with van der Waals surface area (Å²) in [5.41, 5.74) is 2.41. The topological polar surface area (TPSA) is 84.5 Å². The van der Waals surface area contributed by atoms with E-state index in [0.717, 1.165) is 16.0 Å². The van der Waals surface area contributed by atoms with Crippen molar-refractivity contribution in [1.29, 1.82) is 0 Å². The number of hydrogen-bond acceptors (Lipinski definition) is 5. The number of benzene rings is 2. The Kier molecular flexibility index (Phi) is 8.58. The van der Waals surface area contributed by atoms with Crippen LogP contribution in [0, 0.1) is 0 Å². The molecule has 1 aromatic heterocycles. The molecule has 32 heavy (non-hydrogen) atoms. The van der Waals surface area contributed by atoms with Crippen LogP contribution < -0.4 is 10.0 Å². The van der Waals surface area contributed by atoms with Crippen LogP contribution in [0.2, 0.25) is 0 Å². The molecule has 8 heteroatoms. The molecular formula is C24H28N2O4S2. The quantitative estimate of drug-likeness (QED) is 0.440. The summed E-state index contributed by atoms with van der Waals surface area (Å²) in [6.45, 7) is 5.13. The standard InChI is InChI=1S/C24H28N2O4S2/c1-18(2)30-17-21-7-4-3-6-20(21)16-25-24(27)19-9-11-23(12-10-19)32(28,29)26-14-13-22-8-5-15-31-22/h3-12,15,18,26H,13-14,16-17H2,1-2H3,(H,25,27). The van der Waals surface area contributed by atoms with Gasteiger partial charge in [0.2, 0.25) is 10.0 Å². The normalized spacial score (nSPS) is 11.6. The Morgan fingerprint density at radius 3 is 2.38 bits per heavy atom. The van der Waals surface area contributed by atoms with Crippen molar-refractivity contribution in [2.24, 2.45) is 0 Å². The van der Waals surface area contributed by atoms with E-state index < -0.39 is 10.0 Å². The van der Waals surface area contributed by atoms with E-state index in [4.69, 9.17) is 4.74 Å². The minimum absolute atomic E-state index is 0.123. The van der Waals surface area contributed by atoms with Crippen LogP contribution in [0.4, 0.5) is 0 Å². The third-order valence-corrected chi connectivity index (χ3v) is 7.21. The number of nitrogens with one attached hydrogen (secondary N) is 2. The number of hydrogen-bond donors (Lipinski definition) is 2. The van der Waals surface area contributed by atoms with Crippen molar-refractivity contribution < 1.29 is 17.9 Å². The van der Waals surface area contributed by atoms with Gasteiger partial charge in [-0.15, -0.1) is 11.3 Å². The Morgan fingerprint density at radius 1 is 1.00 bits per heavy atom. The molecule has 0 bridgehead atoms. The second kappa shape index (κ2) is 11.4. The molecule has 1 heterocycles. The van der Waals surface area contributed by atoms with Gasteiger partial charge in [-0.25, -0.2) is 13.1 Å². The van der Waals surface area contributed by atoms with E-state index >= 15 is 0 Å². The average Bonchev–Trinajstić information content (AvgIpc) is 3.30. The van der Waals surface area contributed by atoms with Crippen molar-refractivity contribution in [1.82, 2.24) is 10.0 Å². The molecule has 2 N–H and O–H groups in total. The molecular weight excluding hydrogens is 444 g/mol. The molecule has 170 valence electrons. The molecule has 0 fully saturated rings. The Hall–Kier alpha value is -2.52. The molecule has 0 unspecified atom stereocenters. The van der Waals surface area contributed by atoms with Gasteiger partial charge in [0.1, 0.15) is 0 Å². The van der Waals surface area contributed by atoms with Crippen molar-refractivity contribution in [2.45, 2.75) is 44.4 Å². The monoisotopic (exact) mass is 472 g/mol. The molecule has 0 aliphatic heterocycles. The second-order valence-corrected chi connectivity index (χ2v) is 10.4. The summed E-state index contributed by atoms with van der Waals surface area (Å²) in [5.74, 6) is -0.265. The maximum atomic E-state index is 12.6. The van der Waals surface area contributed by atoms with Gasteiger partial charge >= 0.3 is 0 Å². The highest BCUT2D eigenvalue weighted by molar-refractivity contribution is 7.89. The van der Waals surface area contributed by atoms with Crippen molar-refractivity contribution in [3.8, 4) is 0 Å². The molecule has 0 radical (unpaired) electrons. The first kappa shape index (κ1) is 24.1. The van der Waals surface area contributed by atoms with Crippen molar-refractivity contribution in [2.75, 3.05) is 6.54 Å². The lowest BCUT2D eigenvalue weighted by molar-refractivity contribution is 0.0651. The molecule has 3 aromatic rings. The third-order valence-electron chi connectivity index (χ3n) is 4.80. The number of carbonyl (C=O) groups excluding carboxylic acids is 1. The van der Waals surface area contributed by atoms with Gasteiger partial charge in [-0.2, -0.15) is 0 Å². The lowest BCUT2D eigenvalue weighted by Gasteiger charge is -2.13. The first-order valence-corrected chi connectivity index (χ1v) is 12.8. The molecule has 2 aromatic carbocycles. The van der Waals surface area contributed by atoms with E-state index in [1.807, 2.05) is 55.6 Å². The van der Waals surface area contributed by atoms with Gasteiger partial charge < -0.3 is 10.1 Å². The van der Waals surface area contributed by atoms with E-state index in [2.05, 4.69) is 10.0 Å². The Balaban J connectivity index is 1.56. The van der Waals surface area contributed by atoms with Gasteiger partial charge in [0, 0.05) is 23.5 Å². The predicted molar refractivity (Wildman–Crippen MR) is 127 cm³/mol. The number of sulfonamides is 1. The number of ether oxygens (including phenoxy) is 1. The zero-order valence-electron chi connectivity index (χ0n) is 18.2. The third kappa shape index (κ3) is 7.00. The highest BCUT2D eigenvalue weighted by atomic mass is 32.2. The van der Waals surface area contributed by atoms with Crippen LogP contribution in [0.3, 0.4) is 0 Å². The van der Waals surface area contributed by atoms with Gasteiger partial charge in [-0.1, -0.05) is 30.3 Å². The fourth-order valence-corrected chi connectivity index (χ4v) is 4.78. The smallest absolute Gasteiger partial charge is 0.251 e. The number of carbonyl (C=O) groups is 1. The van der Waals surface area contributed by atoms with Crippen molar-refractivity contribution in [3.63, 3.8) is 0 Å². The molecule has 1 amide bonds. The molecule has 0 saturated heterocycles. The zero-order chi connectivity index (χ0) is 23.0. The highest BCUT2D eigenvalue weighted by Gasteiger charge is 2.15. The molecule has 0 aliphatic carbocycles. The summed E-state index contributed by atoms with van der Waals surface area (Å²) >= 11 is 1.60. The fourth-order valence-electron chi connectivity index (χ4n) is 3.04. The lowest BCUT2D eigenvalue weighted by Crippen LogP contribution is -2.26. The molecule has 6 nitrogen and oxygen atoms in total. The summed E-state index contributed by atoms with van der Waals surface area (Å²) in [6.07, 6.45) is 0.763. The Bertz CT molecular complexity index is 1110. The van der Waals surface area contributed by atoms with E-state index in [1.165, 1.54) is 24.3 Å². The average molecular weight is 473 g/mol. The Morgan fingerprint density at radius 2 is 1.72 bits per heavy atom. The first-order valence-electron chi connectivity index (χ1n) is 10.4. The summed E-state index contributed by atoms with van der Waals surface area (Å²) in [7, 11) is -3.62. The van der Waals surface area contributed by atoms with Gasteiger partial charge in [-0.05, 0) is 67.1 Å². The zero-order valence-corrected chi connectivity index (χ0v) is 19.8. The van der Waals surface area contributed by atoms with Crippen LogP contribution >= 0.6 is 11.3 Å². The van der Waals surface area contributed by atoms with Crippen molar-refractivity contribution in [3.05, 3.63) is 87.6 Å². The van der Waals surface area contributed by atoms with Crippen LogP contribution in [0.25, 0.3) is 0 Å². The van der Waals surface area contributed by atoms with Gasteiger partial charge in [-0.3, -0.25) is 4.79 Å². The van der Waals surface area contributed by atoms with Crippen LogP contribution in [0.5, 0.6) is 0 Å². The van der Waals surface area contributed by atoms with Crippen LogP contribution in [-0.2, 0) is 34.3 Å². The van der Waals surface area contributed by atoms with E-state index in [-0.39, 0.29) is 16.9 Å². The lowest BCUT2D eigenvalue weighted by atomic mass is 10.1. The van der Waals surface area contributed by atoms with Gasteiger partial charge in [0.05, 0.1) is 17.6 Å².